The van der Waals surface area contributed by atoms with E-state index < -0.39 is 6.04 Å². The molecule has 0 heterocycles. The zero-order chi connectivity index (χ0) is 10.3. The van der Waals surface area contributed by atoms with Crippen molar-refractivity contribution in [2.24, 2.45) is 11.7 Å². The lowest BCUT2D eigenvalue weighted by Gasteiger charge is -2.16. The fourth-order valence-electron chi connectivity index (χ4n) is 1.33. The van der Waals surface area contributed by atoms with Crippen LogP contribution in [0.3, 0.4) is 0 Å². The lowest BCUT2D eigenvalue weighted by atomic mass is 9.95. The quantitative estimate of drug-likeness (QED) is 0.644. The minimum Gasteiger partial charge on any atom is -0.465 e. The van der Waals surface area contributed by atoms with Crippen molar-refractivity contribution in [3.05, 3.63) is 0 Å². The van der Waals surface area contributed by atoms with E-state index in [9.17, 15) is 4.79 Å². The van der Waals surface area contributed by atoms with Crippen LogP contribution >= 0.6 is 0 Å². The molecule has 0 fully saturated rings. The molecule has 3 nitrogen and oxygen atoms in total. The Kier molecular flexibility index (Phi) is 6.59. The number of nitrogens with two attached hydrogens (primary N) is 1. The van der Waals surface area contributed by atoms with Gasteiger partial charge in [-0.3, -0.25) is 4.79 Å². The monoisotopic (exact) mass is 187 g/mol. The Morgan fingerprint density at radius 2 is 1.85 bits per heavy atom. The molecule has 0 aromatic rings. The maximum atomic E-state index is 11.2. The molecule has 1 unspecified atom stereocenters. The van der Waals surface area contributed by atoms with Crippen molar-refractivity contribution in [1.29, 1.82) is 0 Å². The van der Waals surface area contributed by atoms with Gasteiger partial charge in [0.25, 0.3) is 0 Å². The van der Waals surface area contributed by atoms with Gasteiger partial charge in [0.15, 0.2) is 0 Å². The lowest BCUT2D eigenvalue weighted by Crippen LogP contribution is -2.34. The van der Waals surface area contributed by atoms with Gasteiger partial charge in [-0.1, -0.05) is 26.7 Å². The number of rotatable bonds is 6. The summed E-state index contributed by atoms with van der Waals surface area (Å²) in [5.41, 5.74) is 5.68. The molecule has 0 amide bonds. The van der Waals surface area contributed by atoms with Crippen LogP contribution in [0.2, 0.25) is 0 Å². The van der Waals surface area contributed by atoms with Gasteiger partial charge in [0.05, 0.1) is 6.61 Å². The third-order valence-corrected chi connectivity index (χ3v) is 2.33. The van der Waals surface area contributed by atoms with Crippen LogP contribution in [0.5, 0.6) is 0 Å². The van der Waals surface area contributed by atoms with Gasteiger partial charge >= 0.3 is 5.97 Å². The summed E-state index contributed by atoms with van der Waals surface area (Å²) in [7, 11) is 0. The second kappa shape index (κ2) is 6.89. The molecule has 0 rings (SSSR count). The normalized spacial score (nSPS) is 13.0. The molecule has 1 atom stereocenters. The van der Waals surface area contributed by atoms with Crippen molar-refractivity contribution < 1.29 is 9.53 Å². The number of esters is 1. The predicted octanol–water partition coefficient (Wildman–Crippen LogP) is 1.70. The van der Waals surface area contributed by atoms with Crippen molar-refractivity contribution in [3.63, 3.8) is 0 Å². The molecule has 78 valence electrons. The van der Waals surface area contributed by atoms with E-state index in [1.54, 1.807) is 6.92 Å². The van der Waals surface area contributed by atoms with Crippen LogP contribution in [-0.4, -0.2) is 18.6 Å². The van der Waals surface area contributed by atoms with E-state index in [1.807, 2.05) is 0 Å². The molecular weight excluding hydrogens is 166 g/mol. The first-order valence-electron chi connectivity index (χ1n) is 5.07. The van der Waals surface area contributed by atoms with Crippen molar-refractivity contribution in [3.8, 4) is 0 Å². The van der Waals surface area contributed by atoms with E-state index in [-0.39, 0.29) is 5.97 Å². The number of carbonyl (C=O) groups excluding carboxylic acids is 1. The summed E-state index contributed by atoms with van der Waals surface area (Å²) in [5.74, 6) is 0.272. The van der Waals surface area contributed by atoms with E-state index in [1.165, 1.54) is 0 Å². The highest BCUT2D eigenvalue weighted by Gasteiger charge is 2.18. The first-order chi connectivity index (χ1) is 6.15. The fraction of sp³-hybridized carbons (Fsp3) is 0.900. The standard InChI is InChI=1S/C10H21NO2/c1-4-8(5-2)7-9(11)10(12)13-6-3/h8-9H,4-7,11H2,1-3H3. The van der Waals surface area contributed by atoms with Crippen LogP contribution in [0.25, 0.3) is 0 Å². The molecule has 0 radical (unpaired) electrons. The number of carbonyl (C=O) groups is 1. The molecule has 0 aromatic carbocycles. The van der Waals surface area contributed by atoms with E-state index in [0.29, 0.717) is 12.5 Å². The summed E-state index contributed by atoms with van der Waals surface area (Å²) in [6.07, 6.45) is 2.89. The highest BCUT2D eigenvalue weighted by atomic mass is 16.5. The average Bonchev–Trinajstić information content (AvgIpc) is 2.14. The van der Waals surface area contributed by atoms with Crippen LogP contribution in [-0.2, 0) is 9.53 Å². The van der Waals surface area contributed by atoms with Crippen molar-refractivity contribution in [1.82, 2.24) is 0 Å². The van der Waals surface area contributed by atoms with Crippen molar-refractivity contribution in [2.45, 2.75) is 46.1 Å². The molecule has 0 aliphatic carbocycles. The highest BCUT2D eigenvalue weighted by Crippen LogP contribution is 2.14. The van der Waals surface area contributed by atoms with E-state index >= 15 is 0 Å². The Morgan fingerprint density at radius 3 is 2.23 bits per heavy atom. The lowest BCUT2D eigenvalue weighted by molar-refractivity contribution is -0.145. The summed E-state index contributed by atoms with van der Waals surface area (Å²) in [6.45, 7) is 6.44. The molecular formula is C10H21NO2. The third kappa shape index (κ3) is 4.88. The Hall–Kier alpha value is -0.570. The zero-order valence-electron chi connectivity index (χ0n) is 8.88. The molecule has 0 aromatic heterocycles. The largest absolute Gasteiger partial charge is 0.465 e. The van der Waals surface area contributed by atoms with E-state index in [4.69, 9.17) is 10.5 Å². The molecule has 3 heteroatoms. The Balaban J connectivity index is 3.82. The number of hydrogen-bond donors (Lipinski definition) is 1. The van der Waals surface area contributed by atoms with Crippen molar-refractivity contribution >= 4 is 5.97 Å². The van der Waals surface area contributed by atoms with Gasteiger partial charge in [-0.25, -0.2) is 0 Å². The van der Waals surface area contributed by atoms with Crippen molar-refractivity contribution in [2.75, 3.05) is 6.61 Å². The molecule has 0 spiro atoms. The second-order valence-corrected chi connectivity index (χ2v) is 3.28. The second-order valence-electron chi connectivity index (χ2n) is 3.28. The van der Waals surface area contributed by atoms with Gasteiger partial charge < -0.3 is 10.5 Å². The Morgan fingerprint density at radius 1 is 1.31 bits per heavy atom. The van der Waals surface area contributed by atoms with E-state index in [0.717, 1.165) is 19.3 Å². The smallest absolute Gasteiger partial charge is 0.322 e. The maximum absolute atomic E-state index is 11.2. The summed E-state index contributed by atoms with van der Waals surface area (Å²) >= 11 is 0. The summed E-state index contributed by atoms with van der Waals surface area (Å²) in [5, 5.41) is 0. The number of hydrogen-bond acceptors (Lipinski definition) is 3. The summed E-state index contributed by atoms with van der Waals surface area (Å²) in [6, 6.07) is -0.440. The molecule has 0 aliphatic rings. The van der Waals surface area contributed by atoms with Gasteiger partial charge in [-0.2, -0.15) is 0 Å². The van der Waals surface area contributed by atoms with Gasteiger partial charge in [0, 0.05) is 0 Å². The molecule has 0 bridgehead atoms. The topological polar surface area (TPSA) is 52.3 Å². The first-order valence-corrected chi connectivity index (χ1v) is 5.07. The zero-order valence-corrected chi connectivity index (χ0v) is 8.88. The average molecular weight is 187 g/mol. The maximum Gasteiger partial charge on any atom is 0.322 e. The summed E-state index contributed by atoms with van der Waals surface area (Å²) in [4.78, 5) is 11.2. The van der Waals surface area contributed by atoms with Gasteiger partial charge in [0.2, 0.25) is 0 Å². The van der Waals surface area contributed by atoms with Crippen LogP contribution in [0.4, 0.5) is 0 Å². The Labute approximate surface area is 80.6 Å². The molecule has 2 N–H and O–H groups in total. The van der Waals surface area contributed by atoms with Crippen LogP contribution in [0.1, 0.15) is 40.0 Å². The molecule has 0 saturated heterocycles. The SMILES string of the molecule is CCOC(=O)C(N)CC(CC)CC. The van der Waals surface area contributed by atoms with Crippen LogP contribution in [0.15, 0.2) is 0 Å². The molecule has 13 heavy (non-hydrogen) atoms. The minimum absolute atomic E-state index is 0.269. The Bertz CT molecular complexity index is 144. The summed E-state index contributed by atoms with van der Waals surface area (Å²) < 4.78 is 4.83. The third-order valence-electron chi connectivity index (χ3n) is 2.33. The van der Waals surface area contributed by atoms with Crippen LogP contribution < -0.4 is 5.73 Å². The van der Waals surface area contributed by atoms with Gasteiger partial charge in [0.1, 0.15) is 6.04 Å². The molecule has 0 saturated carbocycles. The number of ether oxygens (including phenoxy) is 1. The van der Waals surface area contributed by atoms with E-state index in [2.05, 4.69) is 13.8 Å². The fourth-order valence-corrected chi connectivity index (χ4v) is 1.33. The predicted molar refractivity (Wildman–Crippen MR) is 53.3 cm³/mol. The van der Waals surface area contributed by atoms with Gasteiger partial charge in [-0.05, 0) is 19.3 Å². The highest BCUT2D eigenvalue weighted by molar-refractivity contribution is 5.75. The first kappa shape index (κ1) is 12.4. The minimum atomic E-state index is -0.440. The molecule has 0 aliphatic heterocycles. The van der Waals surface area contributed by atoms with Gasteiger partial charge in [-0.15, -0.1) is 0 Å². The van der Waals surface area contributed by atoms with Crippen LogP contribution in [0, 0.1) is 5.92 Å².